The van der Waals surface area contributed by atoms with Gasteiger partial charge in [-0.2, -0.15) is 0 Å². The van der Waals surface area contributed by atoms with E-state index in [1.165, 1.54) is 0 Å². The van der Waals surface area contributed by atoms with Crippen LogP contribution in [0.15, 0.2) is 12.1 Å². The highest BCUT2D eigenvalue weighted by Gasteiger charge is 2.18. The average molecular weight is 286 g/mol. The number of hydrogen-bond acceptors (Lipinski definition) is 5. The second-order valence-electron chi connectivity index (χ2n) is 4.19. The highest BCUT2D eigenvalue weighted by atomic mass is 32.2. The number of anilines is 2. The van der Waals surface area contributed by atoms with Crippen LogP contribution >= 0.6 is 0 Å². The van der Waals surface area contributed by atoms with E-state index in [0.717, 1.165) is 11.1 Å². The molecule has 1 aromatic rings. The Balaban J connectivity index is 2.90. The van der Waals surface area contributed by atoms with Gasteiger partial charge in [0, 0.05) is 0 Å². The van der Waals surface area contributed by atoms with Gasteiger partial charge in [0.2, 0.25) is 10.0 Å². The summed E-state index contributed by atoms with van der Waals surface area (Å²) in [6, 6.07) is 3.31. The Morgan fingerprint density at radius 2 is 1.89 bits per heavy atom. The molecule has 0 atom stereocenters. The zero-order chi connectivity index (χ0) is 14.6. The third-order valence-electron chi connectivity index (χ3n) is 2.54. The first kappa shape index (κ1) is 15.3. The Bertz CT molecular complexity index is 582. The number of nitrogen functional groups attached to an aromatic ring is 1. The van der Waals surface area contributed by atoms with Crippen LogP contribution in [0.1, 0.15) is 18.1 Å². The molecule has 106 valence electrons. The lowest BCUT2D eigenvalue weighted by molar-refractivity contribution is -0.139. The quantitative estimate of drug-likeness (QED) is 0.626. The van der Waals surface area contributed by atoms with Crippen molar-refractivity contribution in [2.75, 3.05) is 22.8 Å². The summed E-state index contributed by atoms with van der Waals surface area (Å²) in [6.07, 6.45) is 0. The fraction of sp³-hybridized carbons (Fsp3) is 0.417. The molecule has 0 aromatic heterocycles. The molecule has 0 aliphatic rings. The number of carbonyl (C=O) groups is 1. The molecule has 0 aliphatic carbocycles. The Labute approximate surface area is 113 Å². The van der Waals surface area contributed by atoms with Gasteiger partial charge in [0.15, 0.2) is 5.75 Å². The lowest BCUT2D eigenvalue weighted by Crippen LogP contribution is -2.24. The van der Waals surface area contributed by atoms with Crippen molar-refractivity contribution in [3.8, 4) is 0 Å². The maximum atomic E-state index is 11.8. The van der Waals surface area contributed by atoms with Crippen molar-refractivity contribution in [3.05, 3.63) is 23.3 Å². The maximum Gasteiger partial charge on any atom is 0.323 e. The van der Waals surface area contributed by atoms with Crippen molar-refractivity contribution in [1.29, 1.82) is 0 Å². The summed E-state index contributed by atoms with van der Waals surface area (Å²) < 4.78 is 30.4. The van der Waals surface area contributed by atoms with Gasteiger partial charge in [0.25, 0.3) is 0 Å². The summed E-state index contributed by atoms with van der Waals surface area (Å²) in [5.74, 6) is -1.52. The van der Waals surface area contributed by atoms with Crippen molar-refractivity contribution < 1.29 is 17.9 Å². The van der Waals surface area contributed by atoms with E-state index in [2.05, 4.69) is 9.46 Å². The molecular formula is C12H18N2O4S. The van der Waals surface area contributed by atoms with E-state index in [-0.39, 0.29) is 12.3 Å². The highest BCUT2D eigenvalue weighted by Crippen LogP contribution is 2.24. The topological polar surface area (TPSA) is 98.5 Å². The first-order valence-electron chi connectivity index (χ1n) is 5.78. The van der Waals surface area contributed by atoms with E-state index in [4.69, 9.17) is 5.73 Å². The number of benzene rings is 1. The summed E-state index contributed by atoms with van der Waals surface area (Å²) >= 11 is 0. The largest absolute Gasteiger partial charge is 0.465 e. The van der Waals surface area contributed by atoms with Crippen LogP contribution in [0.4, 0.5) is 11.4 Å². The van der Waals surface area contributed by atoms with Crippen LogP contribution in [0.5, 0.6) is 0 Å². The Morgan fingerprint density at radius 1 is 1.32 bits per heavy atom. The normalized spacial score (nSPS) is 11.1. The zero-order valence-corrected chi connectivity index (χ0v) is 12.0. The monoisotopic (exact) mass is 286 g/mol. The molecule has 0 unspecified atom stereocenters. The molecule has 1 rings (SSSR count). The number of carbonyl (C=O) groups excluding carboxylic acids is 1. The molecule has 0 saturated heterocycles. The molecule has 0 aliphatic heterocycles. The van der Waals surface area contributed by atoms with E-state index in [0.29, 0.717) is 5.69 Å². The number of sulfonamides is 1. The van der Waals surface area contributed by atoms with Gasteiger partial charge in [-0.15, -0.1) is 0 Å². The van der Waals surface area contributed by atoms with Crippen molar-refractivity contribution in [1.82, 2.24) is 0 Å². The molecular weight excluding hydrogens is 268 g/mol. The number of ether oxygens (including phenoxy) is 1. The molecule has 0 spiro atoms. The maximum absolute atomic E-state index is 11.8. The molecule has 0 fully saturated rings. The summed E-state index contributed by atoms with van der Waals surface area (Å²) in [4.78, 5) is 11.2. The molecule has 0 saturated carbocycles. The number of hydrogen-bond donors (Lipinski definition) is 2. The van der Waals surface area contributed by atoms with Crippen LogP contribution in [0.2, 0.25) is 0 Å². The number of rotatable bonds is 5. The summed E-state index contributed by atoms with van der Waals surface area (Å²) in [7, 11) is -3.81. The van der Waals surface area contributed by atoms with Crippen LogP contribution in [0.25, 0.3) is 0 Å². The SMILES string of the molecule is CCOC(=O)CS(=O)(=O)Nc1cc(C)c(C)cc1N. The lowest BCUT2D eigenvalue weighted by Gasteiger charge is -2.12. The van der Waals surface area contributed by atoms with E-state index in [1.54, 1.807) is 19.1 Å². The molecule has 19 heavy (non-hydrogen) atoms. The number of nitrogens with two attached hydrogens (primary N) is 1. The minimum atomic E-state index is -3.81. The van der Waals surface area contributed by atoms with Gasteiger partial charge in [-0.1, -0.05) is 0 Å². The summed E-state index contributed by atoms with van der Waals surface area (Å²) in [5, 5.41) is 0. The zero-order valence-electron chi connectivity index (χ0n) is 11.2. The van der Waals surface area contributed by atoms with Crippen LogP contribution in [-0.2, 0) is 19.6 Å². The second kappa shape index (κ2) is 5.92. The molecule has 0 bridgehead atoms. The second-order valence-corrected chi connectivity index (χ2v) is 5.91. The van der Waals surface area contributed by atoms with E-state index >= 15 is 0 Å². The summed E-state index contributed by atoms with van der Waals surface area (Å²) in [6.45, 7) is 5.47. The van der Waals surface area contributed by atoms with Crippen molar-refractivity contribution >= 4 is 27.4 Å². The standard InChI is InChI=1S/C12H18N2O4S/c1-4-18-12(15)7-19(16,17)14-11-6-9(3)8(2)5-10(11)13/h5-6,14H,4,7,13H2,1-3H3. The predicted molar refractivity (Wildman–Crippen MR) is 74.4 cm³/mol. The minimum Gasteiger partial charge on any atom is -0.465 e. The smallest absolute Gasteiger partial charge is 0.323 e. The van der Waals surface area contributed by atoms with E-state index in [1.807, 2.05) is 13.8 Å². The van der Waals surface area contributed by atoms with Gasteiger partial charge in [0.1, 0.15) is 0 Å². The van der Waals surface area contributed by atoms with Crippen LogP contribution in [-0.4, -0.2) is 26.7 Å². The van der Waals surface area contributed by atoms with Gasteiger partial charge < -0.3 is 10.5 Å². The average Bonchev–Trinajstić information content (AvgIpc) is 2.24. The molecule has 0 amide bonds. The fourth-order valence-electron chi connectivity index (χ4n) is 1.49. The van der Waals surface area contributed by atoms with Gasteiger partial charge in [-0.3, -0.25) is 9.52 Å². The lowest BCUT2D eigenvalue weighted by atomic mass is 10.1. The van der Waals surface area contributed by atoms with Crippen molar-refractivity contribution in [2.45, 2.75) is 20.8 Å². The third kappa shape index (κ3) is 4.44. The van der Waals surface area contributed by atoms with Crippen LogP contribution in [0, 0.1) is 13.8 Å². The first-order chi connectivity index (χ1) is 8.75. The minimum absolute atomic E-state index is 0.139. The molecule has 1 aromatic carbocycles. The molecule has 0 heterocycles. The number of esters is 1. The predicted octanol–water partition coefficient (Wildman–Crippen LogP) is 1.19. The molecule has 0 radical (unpaired) electrons. The first-order valence-corrected chi connectivity index (χ1v) is 7.43. The molecule has 6 nitrogen and oxygen atoms in total. The summed E-state index contributed by atoms with van der Waals surface area (Å²) in [5.41, 5.74) is 8.20. The molecule has 7 heteroatoms. The third-order valence-corrected chi connectivity index (χ3v) is 3.69. The highest BCUT2D eigenvalue weighted by molar-refractivity contribution is 7.93. The molecule has 3 N–H and O–H groups in total. The Morgan fingerprint density at radius 3 is 2.47 bits per heavy atom. The Kier molecular flexibility index (Phi) is 4.77. The number of nitrogens with one attached hydrogen (secondary N) is 1. The van der Waals surface area contributed by atoms with Crippen LogP contribution < -0.4 is 10.5 Å². The number of aryl methyl sites for hydroxylation is 2. The van der Waals surface area contributed by atoms with E-state index < -0.39 is 21.7 Å². The van der Waals surface area contributed by atoms with Crippen molar-refractivity contribution in [3.63, 3.8) is 0 Å². The van der Waals surface area contributed by atoms with Gasteiger partial charge >= 0.3 is 5.97 Å². The van der Waals surface area contributed by atoms with Crippen LogP contribution in [0.3, 0.4) is 0 Å². The Hall–Kier alpha value is -1.76. The fourth-order valence-corrected chi connectivity index (χ4v) is 2.47. The van der Waals surface area contributed by atoms with Gasteiger partial charge in [-0.05, 0) is 44.0 Å². The van der Waals surface area contributed by atoms with Gasteiger partial charge in [-0.25, -0.2) is 8.42 Å². The van der Waals surface area contributed by atoms with Crippen molar-refractivity contribution in [2.24, 2.45) is 0 Å². The van der Waals surface area contributed by atoms with E-state index in [9.17, 15) is 13.2 Å². The van der Waals surface area contributed by atoms with Gasteiger partial charge in [0.05, 0.1) is 18.0 Å².